The van der Waals surface area contributed by atoms with Crippen LogP contribution >= 0.6 is 0 Å². The first-order valence-corrected chi connectivity index (χ1v) is 6.57. The van der Waals surface area contributed by atoms with E-state index in [1.807, 2.05) is 18.2 Å². The molecule has 0 spiro atoms. The maximum absolute atomic E-state index is 10.9. The molecule has 1 nitrogen and oxygen atoms in total. The van der Waals surface area contributed by atoms with Gasteiger partial charge in [0, 0.05) is 0 Å². The van der Waals surface area contributed by atoms with Crippen molar-refractivity contribution in [2.24, 2.45) is 23.7 Å². The van der Waals surface area contributed by atoms with Gasteiger partial charge in [-0.1, -0.05) is 30.3 Å². The smallest absolute Gasteiger partial charge is 0.0932 e. The molecule has 0 heterocycles. The molecule has 1 N–H and O–H groups in total. The molecule has 4 rings (SSSR count). The SMILES string of the molecule is OC1(c2ccccc2)CC2C3CCC(C3)C21. The van der Waals surface area contributed by atoms with Crippen molar-refractivity contribution in [2.45, 2.75) is 31.3 Å². The van der Waals surface area contributed by atoms with Crippen LogP contribution in [0.1, 0.15) is 31.2 Å². The lowest BCUT2D eigenvalue weighted by Crippen LogP contribution is -2.53. The molecule has 5 atom stereocenters. The van der Waals surface area contributed by atoms with Crippen LogP contribution < -0.4 is 0 Å². The van der Waals surface area contributed by atoms with Gasteiger partial charge in [0.2, 0.25) is 0 Å². The Bertz CT molecular complexity index is 411. The average Bonchev–Trinajstić information content (AvgIpc) is 2.85. The van der Waals surface area contributed by atoms with E-state index in [9.17, 15) is 5.11 Å². The molecular formula is C15H18O. The van der Waals surface area contributed by atoms with Crippen LogP contribution in [0.25, 0.3) is 0 Å². The summed E-state index contributed by atoms with van der Waals surface area (Å²) in [6.45, 7) is 0. The van der Waals surface area contributed by atoms with Crippen LogP contribution in [0.5, 0.6) is 0 Å². The zero-order chi connectivity index (χ0) is 10.8. The summed E-state index contributed by atoms with van der Waals surface area (Å²) in [7, 11) is 0. The van der Waals surface area contributed by atoms with Crippen LogP contribution in [-0.2, 0) is 5.60 Å². The third-order valence-electron chi connectivity index (χ3n) is 5.46. The quantitative estimate of drug-likeness (QED) is 0.762. The lowest BCUT2D eigenvalue weighted by atomic mass is 9.54. The van der Waals surface area contributed by atoms with Crippen molar-refractivity contribution in [3.8, 4) is 0 Å². The summed E-state index contributed by atoms with van der Waals surface area (Å²) in [4.78, 5) is 0. The fourth-order valence-electron chi connectivity index (χ4n) is 4.82. The highest BCUT2D eigenvalue weighted by atomic mass is 16.3. The number of rotatable bonds is 1. The van der Waals surface area contributed by atoms with Gasteiger partial charge in [-0.3, -0.25) is 0 Å². The van der Waals surface area contributed by atoms with Gasteiger partial charge in [-0.2, -0.15) is 0 Å². The van der Waals surface area contributed by atoms with Gasteiger partial charge in [-0.25, -0.2) is 0 Å². The predicted octanol–water partition coefficient (Wildman–Crippen LogP) is 2.94. The lowest BCUT2D eigenvalue weighted by Gasteiger charge is -2.54. The molecule has 0 aromatic heterocycles. The maximum Gasteiger partial charge on any atom is 0.0932 e. The molecule has 3 aliphatic rings. The van der Waals surface area contributed by atoms with E-state index in [1.165, 1.54) is 19.3 Å². The first-order chi connectivity index (χ1) is 7.79. The average molecular weight is 214 g/mol. The Morgan fingerprint density at radius 1 is 1.06 bits per heavy atom. The highest BCUT2D eigenvalue weighted by Gasteiger charge is 2.64. The van der Waals surface area contributed by atoms with Crippen molar-refractivity contribution in [3.63, 3.8) is 0 Å². The molecule has 2 bridgehead atoms. The molecule has 1 aromatic carbocycles. The van der Waals surface area contributed by atoms with Crippen molar-refractivity contribution >= 4 is 0 Å². The number of hydrogen-bond donors (Lipinski definition) is 1. The second-order valence-corrected chi connectivity index (χ2v) is 6.02. The molecule has 5 unspecified atom stereocenters. The van der Waals surface area contributed by atoms with Crippen LogP contribution in [0, 0.1) is 23.7 Å². The van der Waals surface area contributed by atoms with Crippen molar-refractivity contribution in [1.82, 2.24) is 0 Å². The molecule has 0 amide bonds. The largest absolute Gasteiger partial charge is 0.385 e. The standard InChI is InChI=1S/C15H18O/c16-15(12-4-2-1-3-5-12)9-13-10-6-7-11(8-10)14(13)15/h1-5,10-11,13-14,16H,6-9H2. The van der Waals surface area contributed by atoms with E-state index >= 15 is 0 Å². The molecule has 3 saturated carbocycles. The second kappa shape index (κ2) is 2.89. The fourth-order valence-corrected chi connectivity index (χ4v) is 4.82. The van der Waals surface area contributed by atoms with Crippen molar-refractivity contribution < 1.29 is 5.11 Å². The second-order valence-electron chi connectivity index (χ2n) is 6.02. The van der Waals surface area contributed by atoms with Gasteiger partial charge in [0.05, 0.1) is 5.60 Å². The summed E-state index contributed by atoms with van der Waals surface area (Å²) in [5, 5.41) is 10.9. The van der Waals surface area contributed by atoms with Crippen molar-refractivity contribution in [1.29, 1.82) is 0 Å². The summed E-state index contributed by atoms with van der Waals surface area (Å²) >= 11 is 0. The Kier molecular flexibility index (Phi) is 1.67. The van der Waals surface area contributed by atoms with E-state index in [4.69, 9.17) is 0 Å². The highest BCUT2D eigenvalue weighted by Crippen LogP contribution is 2.68. The molecule has 1 aromatic rings. The number of benzene rings is 1. The third kappa shape index (κ3) is 0.958. The molecular weight excluding hydrogens is 196 g/mol. The monoisotopic (exact) mass is 214 g/mol. The summed E-state index contributed by atoms with van der Waals surface area (Å²) < 4.78 is 0. The van der Waals surface area contributed by atoms with Crippen molar-refractivity contribution in [2.75, 3.05) is 0 Å². The fraction of sp³-hybridized carbons (Fsp3) is 0.600. The van der Waals surface area contributed by atoms with Gasteiger partial charge in [0.1, 0.15) is 0 Å². The Balaban J connectivity index is 1.71. The van der Waals surface area contributed by atoms with Gasteiger partial charge in [0.25, 0.3) is 0 Å². The molecule has 1 heteroatoms. The summed E-state index contributed by atoms with van der Waals surface area (Å²) in [6, 6.07) is 10.3. The Morgan fingerprint density at radius 2 is 1.81 bits per heavy atom. The molecule has 0 aliphatic heterocycles. The van der Waals surface area contributed by atoms with Crippen molar-refractivity contribution in [3.05, 3.63) is 35.9 Å². The zero-order valence-electron chi connectivity index (χ0n) is 9.47. The van der Waals surface area contributed by atoms with Gasteiger partial charge in [0.15, 0.2) is 0 Å². The number of aliphatic hydroxyl groups is 1. The summed E-state index contributed by atoms with van der Waals surface area (Å²) in [5.74, 6) is 3.17. The van der Waals surface area contributed by atoms with Crippen LogP contribution in [0.2, 0.25) is 0 Å². The van der Waals surface area contributed by atoms with E-state index in [1.54, 1.807) is 0 Å². The van der Waals surface area contributed by atoms with Gasteiger partial charge in [-0.05, 0) is 54.9 Å². The first-order valence-electron chi connectivity index (χ1n) is 6.57. The summed E-state index contributed by atoms with van der Waals surface area (Å²) in [5.41, 5.74) is 0.676. The van der Waals surface area contributed by atoms with Crippen LogP contribution in [-0.4, -0.2) is 5.11 Å². The normalized spacial score (nSPS) is 48.8. The Labute approximate surface area is 96.5 Å². The minimum Gasteiger partial charge on any atom is -0.385 e. The van der Waals surface area contributed by atoms with E-state index in [-0.39, 0.29) is 0 Å². The highest BCUT2D eigenvalue weighted by molar-refractivity contribution is 5.30. The molecule has 0 saturated heterocycles. The minimum atomic E-state index is -0.480. The molecule has 3 aliphatic carbocycles. The topological polar surface area (TPSA) is 20.2 Å². The Hall–Kier alpha value is -0.820. The molecule has 0 radical (unpaired) electrons. The Morgan fingerprint density at radius 3 is 2.56 bits per heavy atom. The molecule has 16 heavy (non-hydrogen) atoms. The zero-order valence-corrected chi connectivity index (χ0v) is 9.47. The summed E-state index contributed by atoms with van der Waals surface area (Å²) in [6.07, 6.45) is 5.20. The van der Waals surface area contributed by atoms with E-state index in [0.29, 0.717) is 5.92 Å². The number of hydrogen-bond acceptors (Lipinski definition) is 1. The van der Waals surface area contributed by atoms with E-state index in [0.717, 1.165) is 29.7 Å². The predicted molar refractivity (Wildman–Crippen MR) is 62.8 cm³/mol. The third-order valence-corrected chi connectivity index (χ3v) is 5.46. The van der Waals surface area contributed by atoms with Gasteiger partial charge in [-0.15, -0.1) is 0 Å². The molecule has 3 fully saturated rings. The maximum atomic E-state index is 10.9. The minimum absolute atomic E-state index is 0.480. The first kappa shape index (κ1) is 9.23. The van der Waals surface area contributed by atoms with E-state index in [2.05, 4.69) is 12.1 Å². The van der Waals surface area contributed by atoms with Crippen LogP contribution in [0.15, 0.2) is 30.3 Å². The van der Waals surface area contributed by atoms with E-state index < -0.39 is 5.60 Å². The number of fused-ring (bicyclic) bond motifs is 5. The molecule has 84 valence electrons. The van der Waals surface area contributed by atoms with Crippen LogP contribution in [0.4, 0.5) is 0 Å². The van der Waals surface area contributed by atoms with Crippen LogP contribution in [0.3, 0.4) is 0 Å². The van der Waals surface area contributed by atoms with Gasteiger partial charge >= 0.3 is 0 Å². The van der Waals surface area contributed by atoms with Gasteiger partial charge < -0.3 is 5.11 Å². The lowest BCUT2D eigenvalue weighted by molar-refractivity contribution is -0.166.